The Hall–Kier alpha value is -2.40. The molecule has 0 fully saturated rings. The molecule has 1 heterocycles. The maximum atomic E-state index is 9.72. The van der Waals surface area contributed by atoms with E-state index in [0.29, 0.717) is 11.4 Å². The molecular weight excluding hydrogens is 330 g/mol. The summed E-state index contributed by atoms with van der Waals surface area (Å²) in [5.74, 6) is 0.828. The van der Waals surface area contributed by atoms with Crippen LogP contribution in [0.15, 0.2) is 64.2 Å². The van der Waals surface area contributed by atoms with Crippen LogP contribution < -0.4 is 5.43 Å². The number of phenolic OH excluding ortho intramolecular Hbond substituents is 1. The quantitative estimate of drug-likeness (QED) is 0.555. The van der Waals surface area contributed by atoms with Crippen LogP contribution in [0.4, 0.5) is 5.82 Å². The van der Waals surface area contributed by atoms with Crippen molar-refractivity contribution < 1.29 is 5.11 Å². The van der Waals surface area contributed by atoms with E-state index in [1.54, 1.807) is 24.4 Å². The summed E-state index contributed by atoms with van der Waals surface area (Å²) in [4.78, 5) is 4.45. The van der Waals surface area contributed by atoms with E-state index in [-0.39, 0.29) is 5.75 Å². The van der Waals surface area contributed by atoms with Gasteiger partial charge in [0.2, 0.25) is 0 Å². The van der Waals surface area contributed by atoms with Crippen LogP contribution in [0, 0.1) is 0 Å². The maximum Gasteiger partial charge on any atom is 0.146 e. The van der Waals surface area contributed by atoms with Crippen molar-refractivity contribution in [3.05, 3.63) is 64.6 Å². The Bertz CT molecular complexity index is 817. The summed E-state index contributed by atoms with van der Waals surface area (Å²) >= 11 is 3.35. The van der Waals surface area contributed by atoms with Gasteiger partial charge in [-0.2, -0.15) is 5.10 Å². The molecular formula is C16H12BrN3O. The SMILES string of the molecule is Oc1ccc(Br)cc1C=NNc1ccc2ccccc2n1. The van der Waals surface area contributed by atoms with Gasteiger partial charge in [-0.3, -0.25) is 5.43 Å². The number of rotatable bonds is 3. The van der Waals surface area contributed by atoms with E-state index < -0.39 is 0 Å². The molecule has 1 aromatic heterocycles. The molecule has 0 radical (unpaired) electrons. The third-order valence-electron chi connectivity index (χ3n) is 2.97. The van der Waals surface area contributed by atoms with E-state index in [0.717, 1.165) is 15.4 Å². The number of nitrogens with one attached hydrogen (secondary N) is 1. The maximum absolute atomic E-state index is 9.72. The van der Waals surface area contributed by atoms with Crippen LogP contribution in [-0.4, -0.2) is 16.3 Å². The van der Waals surface area contributed by atoms with Crippen LogP contribution in [0.1, 0.15) is 5.56 Å². The van der Waals surface area contributed by atoms with Gasteiger partial charge in [0, 0.05) is 15.4 Å². The molecule has 2 N–H and O–H groups in total. The average Bonchev–Trinajstić information content (AvgIpc) is 2.50. The number of halogens is 1. The minimum atomic E-state index is 0.176. The topological polar surface area (TPSA) is 57.5 Å². The van der Waals surface area contributed by atoms with Gasteiger partial charge >= 0.3 is 0 Å². The van der Waals surface area contributed by atoms with E-state index in [1.807, 2.05) is 36.4 Å². The molecule has 0 atom stereocenters. The Morgan fingerprint density at radius 3 is 2.86 bits per heavy atom. The number of pyridine rings is 1. The minimum absolute atomic E-state index is 0.176. The Kier molecular flexibility index (Phi) is 3.83. The van der Waals surface area contributed by atoms with E-state index in [9.17, 15) is 5.11 Å². The monoisotopic (exact) mass is 341 g/mol. The molecule has 0 saturated carbocycles. The number of hydrogen-bond donors (Lipinski definition) is 2. The molecule has 0 aliphatic heterocycles. The molecule has 0 aliphatic carbocycles. The first-order valence-corrected chi connectivity index (χ1v) is 7.15. The normalized spacial score (nSPS) is 11.1. The predicted octanol–water partition coefficient (Wildman–Crippen LogP) is 4.15. The lowest BCUT2D eigenvalue weighted by Crippen LogP contribution is -1.94. The van der Waals surface area contributed by atoms with Crippen LogP contribution in [-0.2, 0) is 0 Å². The number of hydrazone groups is 1. The van der Waals surface area contributed by atoms with E-state index >= 15 is 0 Å². The minimum Gasteiger partial charge on any atom is -0.507 e. The smallest absolute Gasteiger partial charge is 0.146 e. The molecule has 5 heteroatoms. The number of fused-ring (bicyclic) bond motifs is 1. The van der Waals surface area contributed by atoms with Crippen LogP contribution in [0.3, 0.4) is 0 Å². The highest BCUT2D eigenvalue weighted by Crippen LogP contribution is 2.20. The Labute approximate surface area is 130 Å². The number of hydrogen-bond acceptors (Lipinski definition) is 4. The van der Waals surface area contributed by atoms with E-state index in [2.05, 4.69) is 31.4 Å². The van der Waals surface area contributed by atoms with Crippen molar-refractivity contribution in [1.82, 2.24) is 4.98 Å². The first-order valence-electron chi connectivity index (χ1n) is 6.36. The Morgan fingerprint density at radius 2 is 1.95 bits per heavy atom. The van der Waals surface area contributed by atoms with Gasteiger partial charge in [-0.25, -0.2) is 4.98 Å². The molecule has 21 heavy (non-hydrogen) atoms. The third kappa shape index (κ3) is 3.20. The second-order valence-electron chi connectivity index (χ2n) is 4.46. The highest BCUT2D eigenvalue weighted by Gasteiger charge is 1.99. The van der Waals surface area contributed by atoms with Gasteiger partial charge in [0.05, 0.1) is 11.7 Å². The first kappa shape index (κ1) is 13.6. The summed E-state index contributed by atoms with van der Waals surface area (Å²) in [5.41, 5.74) is 4.39. The molecule has 2 aromatic carbocycles. The second-order valence-corrected chi connectivity index (χ2v) is 5.38. The van der Waals surface area contributed by atoms with Crippen LogP contribution in [0.5, 0.6) is 5.75 Å². The van der Waals surface area contributed by atoms with Crippen molar-refractivity contribution in [2.45, 2.75) is 0 Å². The lowest BCUT2D eigenvalue weighted by Gasteiger charge is -2.02. The van der Waals surface area contributed by atoms with Gasteiger partial charge in [0.15, 0.2) is 0 Å². The molecule has 0 saturated heterocycles. The van der Waals surface area contributed by atoms with Crippen molar-refractivity contribution in [3.8, 4) is 5.75 Å². The zero-order valence-electron chi connectivity index (χ0n) is 11.0. The number of nitrogens with zero attached hydrogens (tertiary/aromatic N) is 2. The van der Waals surface area contributed by atoms with Gasteiger partial charge in [-0.15, -0.1) is 0 Å². The number of para-hydroxylation sites is 1. The Morgan fingerprint density at radius 1 is 1.10 bits per heavy atom. The molecule has 0 unspecified atom stereocenters. The van der Waals surface area contributed by atoms with Gasteiger partial charge in [0.25, 0.3) is 0 Å². The molecule has 3 rings (SSSR count). The average molecular weight is 342 g/mol. The highest BCUT2D eigenvalue weighted by molar-refractivity contribution is 9.10. The molecule has 104 valence electrons. The van der Waals surface area contributed by atoms with Gasteiger partial charge in [-0.05, 0) is 36.4 Å². The summed E-state index contributed by atoms with van der Waals surface area (Å²) < 4.78 is 0.880. The van der Waals surface area contributed by atoms with Gasteiger partial charge in [-0.1, -0.05) is 34.1 Å². The van der Waals surface area contributed by atoms with Gasteiger partial charge in [0.1, 0.15) is 11.6 Å². The summed E-state index contributed by atoms with van der Waals surface area (Å²) in [7, 11) is 0. The zero-order chi connectivity index (χ0) is 14.7. The molecule has 0 amide bonds. The summed E-state index contributed by atoms with van der Waals surface area (Å²) in [6.45, 7) is 0. The second kappa shape index (κ2) is 5.93. The Balaban J connectivity index is 1.79. The van der Waals surface area contributed by atoms with E-state index in [4.69, 9.17) is 0 Å². The number of anilines is 1. The lowest BCUT2D eigenvalue weighted by atomic mass is 10.2. The summed E-state index contributed by atoms with van der Waals surface area (Å²) in [6, 6.07) is 16.9. The highest BCUT2D eigenvalue weighted by atomic mass is 79.9. The first-order chi connectivity index (χ1) is 10.2. The molecule has 4 nitrogen and oxygen atoms in total. The van der Waals surface area contributed by atoms with Crippen LogP contribution in [0.2, 0.25) is 0 Å². The summed E-state index contributed by atoms with van der Waals surface area (Å²) in [5, 5.41) is 14.9. The fourth-order valence-electron chi connectivity index (χ4n) is 1.93. The van der Waals surface area contributed by atoms with Crippen molar-refractivity contribution >= 4 is 38.9 Å². The molecule has 0 aliphatic rings. The number of aromatic nitrogens is 1. The third-order valence-corrected chi connectivity index (χ3v) is 3.46. The molecule has 3 aromatic rings. The lowest BCUT2D eigenvalue weighted by molar-refractivity contribution is 0.474. The van der Waals surface area contributed by atoms with Gasteiger partial charge < -0.3 is 5.11 Å². The largest absolute Gasteiger partial charge is 0.507 e. The number of phenols is 1. The summed E-state index contributed by atoms with van der Waals surface area (Å²) in [6.07, 6.45) is 1.55. The predicted molar refractivity (Wildman–Crippen MR) is 88.8 cm³/mol. The van der Waals surface area contributed by atoms with Crippen molar-refractivity contribution in [1.29, 1.82) is 0 Å². The zero-order valence-corrected chi connectivity index (χ0v) is 12.6. The fraction of sp³-hybridized carbons (Fsp3) is 0. The number of benzene rings is 2. The van der Waals surface area contributed by atoms with Crippen LogP contribution in [0.25, 0.3) is 10.9 Å². The molecule has 0 spiro atoms. The van der Waals surface area contributed by atoms with E-state index in [1.165, 1.54) is 0 Å². The molecule has 0 bridgehead atoms. The fourth-order valence-corrected chi connectivity index (χ4v) is 2.30. The van der Waals surface area contributed by atoms with Crippen LogP contribution >= 0.6 is 15.9 Å². The number of aromatic hydroxyl groups is 1. The van der Waals surface area contributed by atoms with Crippen molar-refractivity contribution in [3.63, 3.8) is 0 Å². The van der Waals surface area contributed by atoms with Crippen molar-refractivity contribution in [2.75, 3.05) is 5.43 Å². The van der Waals surface area contributed by atoms with Crippen molar-refractivity contribution in [2.24, 2.45) is 5.10 Å². The standard InChI is InChI=1S/C16H12BrN3O/c17-13-6-7-15(21)12(9-13)10-18-20-16-8-5-11-3-1-2-4-14(11)19-16/h1-10,21H,(H,19,20).